The number of aromatic hydroxyl groups is 2. The lowest BCUT2D eigenvalue weighted by atomic mass is 10.0. The quantitative estimate of drug-likeness (QED) is 0.171. The number of ether oxygens (including phenoxy) is 2. The molecule has 4 aromatic rings. The Morgan fingerprint density at radius 3 is 2.37 bits per heavy atom. The van der Waals surface area contributed by atoms with Gasteiger partial charge in [0.15, 0.2) is 5.78 Å². The molecular formula is C31H32O7. The van der Waals surface area contributed by atoms with E-state index in [4.69, 9.17) is 13.9 Å². The van der Waals surface area contributed by atoms with Gasteiger partial charge in [-0.2, -0.15) is 0 Å². The smallest absolute Gasteiger partial charge is 0.204 e. The van der Waals surface area contributed by atoms with Crippen LogP contribution in [0, 0.1) is 6.92 Å². The lowest BCUT2D eigenvalue weighted by Crippen LogP contribution is -2.08. The summed E-state index contributed by atoms with van der Waals surface area (Å²) in [4.78, 5) is 24.9. The number of aryl methyl sites for hydroxylation is 1. The maximum atomic E-state index is 13.2. The van der Waals surface area contributed by atoms with E-state index in [0.29, 0.717) is 66.4 Å². The number of carbonyl (C=O) groups excluding carboxylic acids is 1. The third-order valence-corrected chi connectivity index (χ3v) is 6.37. The van der Waals surface area contributed by atoms with Crippen LogP contribution in [0.4, 0.5) is 0 Å². The Hall–Kier alpha value is -4.26. The molecule has 0 unspecified atom stereocenters. The van der Waals surface area contributed by atoms with Crippen molar-refractivity contribution < 1.29 is 28.9 Å². The number of carbonyl (C=O) groups is 1. The Morgan fingerprint density at radius 2 is 1.68 bits per heavy atom. The molecule has 4 rings (SSSR count). The first-order chi connectivity index (χ1) is 18.3. The highest BCUT2D eigenvalue weighted by molar-refractivity contribution is 5.97. The number of benzene rings is 3. The van der Waals surface area contributed by atoms with Crippen molar-refractivity contribution in [3.8, 4) is 34.1 Å². The van der Waals surface area contributed by atoms with Crippen LogP contribution < -0.4 is 14.9 Å². The molecule has 1 aromatic heterocycles. The van der Waals surface area contributed by atoms with Gasteiger partial charge in [0.25, 0.3) is 0 Å². The highest BCUT2D eigenvalue weighted by atomic mass is 16.5. The number of phenolic OH excluding ortho intramolecular Hbond substituents is 2. The molecule has 0 aliphatic carbocycles. The van der Waals surface area contributed by atoms with E-state index in [9.17, 15) is 19.8 Å². The molecule has 0 amide bonds. The first kappa shape index (κ1) is 26.8. The molecule has 7 nitrogen and oxygen atoms in total. The fraction of sp³-hybridized carbons (Fsp3) is 0.290. The minimum atomic E-state index is -0.291. The summed E-state index contributed by atoms with van der Waals surface area (Å²) in [5.74, 6) is 1.07. The van der Waals surface area contributed by atoms with Crippen LogP contribution in [-0.4, -0.2) is 29.2 Å². The lowest BCUT2D eigenvalue weighted by Gasteiger charge is -2.15. The Balaban J connectivity index is 1.38. The summed E-state index contributed by atoms with van der Waals surface area (Å²) in [7, 11) is 0. The zero-order valence-corrected chi connectivity index (χ0v) is 21.9. The van der Waals surface area contributed by atoms with Crippen molar-refractivity contribution in [3.63, 3.8) is 0 Å². The molecule has 0 aliphatic rings. The maximum absolute atomic E-state index is 13.2. The molecule has 0 atom stereocenters. The topological polar surface area (TPSA) is 106 Å². The average Bonchev–Trinajstić information content (AvgIpc) is 2.88. The summed E-state index contributed by atoms with van der Waals surface area (Å²) in [5.41, 5.74) is 2.08. The standard InChI is InChI=1S/C31H32O7/c1-4-10-24-26(14-13-23(19(2)32)30(24)34)37-16-9-8-15-36-22-17-25(33)29-27(18-22)38-20(3)28(31(29)35)21-11-6-5-7-12-21/h5-7,11-14,17-18,33-34H,4,8-10,15-16H2,1-3H3. The zero-order chi connectivity index (χ0) is 27.2. The first-order valence-corrected chi connectivity index (χ1v) is 12.8. The monoisotopic (exact) mass is 516 g/mol. The van der Waals surface area contributed by atoms with Crippen molar-refractivity contribution >= 4 is 16.8 Å². The molecule has 7 heteroatoms. The van der Waals surface area contributed by atoms with Gasteiger partial charge in [-0.3, -0.25) is 9.59 Å². The van der Waals surface area contributed by atoms with Crippen molar-refractivity contribution in [2.24, 2.45) is 0 Å². The molecule has 0 fully saturated rings. The third kappa shape index (κ3) is 5.67. The molecule has 0 radical (unpaired) electrons. The second-order valence-electron chi connectivity index (χ2n) is 9.19. The number of unbranched alkanes of at least 4 members (excludes halogenated alkanes) is 1. The van der Waals surface area contributed by atoms with Crippen LogP contribution in [0.3, 0.4) is 0 Å². The largest absolute Gasteiger partial charge is 0.507 e. The SMILES string of the molecule is CCCc1c(OCCCCOc2cc(O)c3c(=O)c(-c4ccccc4)c(C)oc3c2)ccc(C(C)=O)c1O. The van der Waals surface area contributed by atoms with E-state index in [1.54, 1.807) is 25.1 Å². The Kier molecular flexibility index (Phi) is 8.36. The molecule has 0 aliphatic heterocycles. The summed E-state index contributed by atoms with van der Waals surface area (Å²) in [6.45, 7) is 5.94. The minimum Gasteiger partial charge on any atom is -0.507 e. The molecule has 198 valence electrons. The number of fused-ring (bicyclic) bond motifs is 1. The van der Waals surface area contributed by atoms with E-state index in [1.807, 2.05) is 37.3 Å². The van der Waals surface area contributed by atoms with Crippen molar-refractivity contribution in [1.29, 1.82) is 0 Å². The van der Waals surface area contributed by atoms with Gasteiger partial charge in [-0.05, 0) is 50.8 Å². The molecule has 0 bridgehead atoms. The summed E-state index contributed by atoms with van der Waals surface area (Å²) < 4.78 is 17.6. The highest BCUT2D eigenvalue weighted by Gasteiger charge is 2.18. The number of phenols is 2. The maximum Gasteiger partial charge on any atom is 0.204 e. The van der Waals surface area contributed by atoms with Crippen molar-refractivity contribution in [3.05, 3.63) is 81.7 Å². The van der Waals surface area contributed by atoms with Gasteiger partial charge in [0.05, 0.1) is 24.3 Å². The van der Waals surface area contributed by atoms with Crippen molar-refractivity contribution in [1.82, 2.24) is 0 Å². The Morgan fingerprint density at radius 1 is 0.974 bits per heavy atom. The van der Waals surface area contributed by atoms with Gasteiger partial charge in [0, 0.05) is 17.7 Å². The first-order valence-electron chi connectivity index (χ1n) is 12.8. The fourth-order valence-electron chi connectivity index (χ4n) is 4.51. The highest BCUT2D eigenvalue weighted by Crippen LogP contribution is 2.34. The van der Waals surface area contributed by atoms with Crippen LogP contribution >= 0.6 is 0 Å². The fourth-order valence-corrected chi connectivity index (χ4v) is 4.51. The summed E-state index contributed by atoms with van der Waals surface area (Å²) in [5, 5.41) is 21.2. The number of hydrogen-bond donors (Lipinski definition) is 2. The third-order valence-electron chi connectivity index (χ3n) is 6.37. The molecule has 1 heterocycles. The predicted molar refractivity (Wildman–Crippen MR) is 147 cm³/mol. The second kappa shape index (κ2) is 11.9. The summed E-state index contributed by atoms with van der Waals surface area (Å²) in [6, 6.07) is 15.6. The Labute approximate surface area is 221 Å². The molecule has 38 heavy (non-hydrogen) atoms. The lowest BCUT2D eigenvalue weighted by molar-refractivity contribution is 0.101. The van der Waals surface area contributed by atoms with Gasteiger partial charge in [-0.1, -0.05) is 43.7 Å². The van der Waals surface area contributed by atoms with Crippen LogP contribution in [0.1, 0.15) is 54.8 Å². The normalized spacial score (nSPS) is 11.0. The van der Waals surface area contributed by atoms with Crippen LogP contribution in [-0.2, 0) is 6.42 Å². The van der Waals surface area contributed by atoms with Gasteiger partial charge in [-0.25, -0.2) is 0 Å². The zero-order valence-electron chi connectivity index (χ0n) is 21.9. The molecule has 3 aromatic carbocycles. The predicted octanol–water partition coefficient (Wildman–Crippen LogP) is 6.57. The van der Waals surface area contributed by atoms with Gasteiger partial charge < -0.3 is 24.1 Å². The van der Waals surface area contributed by atoms with E-state index in [2.05, 4.69) is 0 Å². The summed E-state index contributed by atoms with van der Waals surface area (Å²) in [6.07, 6.45) is 2.79. The van der Waals surface area contributed by atoms with Crippen LogP contribution in [0.25, 0.3) is 22.1 Å². The Bertz CT molecular complexity index is 1500. The number of ketones is 1. The minimum absolute atomic E-state index is 0.00549. The van der Waals surface area contributed by atoms with Gasteiger partial charge in [0.1, 0.15) is 39.7 Å². The number of Topliss-reactive ketones (excluding diaryl/α,β-unsaturated/α-hetero) is 1. The number of hydrogen-bond acceptors (Lipinski definition) is 7. The molecule has 2 N–H and O–H groups in total. The van der Waals surface area contributed by atoms with Gasteiger partial charge in [-0.15, -0.1) is 0 Å². The molecule has 0 saturated heterocycles. The van der Waals surface area contributed by atoms with Gasteiger partial charge >= 0.3 is 0 Å². The second-order valence-corrected chi connectivity index (χ2v) is 9.19. The average molecular weight is 517 g/mol. The van der Waals surface area contributed by atoms with E-state index < -0.39 is 0 Å². The van der Waals surface area contributed by atoms with Crippen molar-refractivity contribution in [2.75, 3.05) is 13.2 Å². The van der Waals surface area contributed by atoms with Gasteiger partial charge in [0.2, 0.25) is 5.43 Å². The van der Waals surface area contributed by atoms with E-state index >= 15 is 0 Å². The molecule has 0 saturated carbocycles. The van der Waals surface area contributed by atoms with E-state index in [1.165, 1.54) is 13.0 Å². The molecular weight excluding hydrogens is 484 g/mol. The number of rotatable bonds is 11. The summed E-state index contributed by atoms with van der Waals surface area (Å²) >= 11 is 0. The molecule has 0 spiro atoms. The van der Waals surface area contributed by atoms with Crippen LogP contribution in [0.2, 0.25) is 0 Å². The van der Waals surface area contributed by atoms with Crippen molar-refractivity contribution in [2.45, 2.75) is 46.5 Å². The van der Waals surface area contributed by atoms with E-state index in [-0.39, 0.29) is 33.7 Å². The van der Waals surface area contributed by atoms with Crippen LogP contribution in [0.15, 0.2) is 63.8 Å². The van der Waals surface area contributed by atoms with E-state index in [0.717, 1.165) is 12.0 Å². The van der Waals surface area contributed by atoms with Crippen LogP contribution in [0.5, 0.6) is 23.0 Å².